The Morgan fingerprint density at radius 1 is 1.21 bits per heavy atom. The number of likely N-dealkylation sites (N-methyl/N-ethyl adjacent to an activating group) is 1. The van der Waals surface area contributed by atoms with E-state index in [1.807, 2.05) is 39.1 Å². The highest BCUT2D eigenvalue weighted by molar-refractivity contribution is 6.07. The Labute approximate surface area is 144 Å². The smallest absolute Gasteiger partial charge is 0.236 e. The average molecular weight is 328 g/mol. The lowest BCUT2D eigenvalue weighted by Crippen LogP contribution is -2.48. The number of piperidine rings is 1. The predicted molar refractivity (Wildman–Crippen MR) is 96.2 cm³/mol. The molecule has 1 aromatic rings. The fraction of sp³-hybridized carbons (Fsp3) is 0.600. The van der Waals surface area contributed by atoms with Crippen LogP contribution in [0.1, 0.15) is 58.1 Å². The van der Waals surface area contributed by atoms with Crippen molar-refractivity contribution in [1.29, 1.82) is 0 Å². The Bertz CT molecular complexity index is 670. The van der Waals surface area contributed by atoms with Gasteiger partial charge in [0.15, 0.2) is 0 Å². The fourth-order valence-corrected chi connectivity index (χ4v) is 4.31. The van der Waals surface area contributed by atoms with Crippen molar-refractivity contribution in [3.63, 3.8) is 0 Å². The Balaban J connectivity index is 1.84. The number of fused-ring (bicyclic) bond motifs is 1. The molecule has 0 aromatic heterocycles. The number of hydrogen-bond donors (Lipinski definition) is 0. The Hall–Kier alpha value is -1.84. The number of hydrogen-bond acceptors (Lipinski definition) is 2. The van der Waals surface area contributed by atoms with E-state index in [2.05, 4.69) is 18.7 Å². The zero-order valence-corrected chi connectivity index (χ0v) is 15.4. The second-order valence-corrected chi connectivity index (χ2v) is 7.95. The van der Waals surface area contributed by atoms with E-state index in [4.69, 9.17) is 0 Å². The second kappa shape index (κ2) is 5.91. The zero-order chi connectivity index (χ0) is 17.6. The van der Waals surface area contributed by atoms with Crippen LogP contribution in [0, 0.1) is 0 Å². The molecule has 3 rings (SSSR count). The van der Waals surface area contributed by atoms with Gasteiger partial charge in [0, 0.05) is 24.8 Å². The van der Waals surface area contributed by atoms with Gasteiger partial charge in [-0.3, -0.25) is 9.59 Å². The molecular weight excluding hydrogens is 300 g/mol. The first-order valence-corrected chi connectivity index (χ1v) is 8.96. The predicted octanol–water partition coefficient (Wildman–Crippen LogP) is 3.27. The van der Waals surface area contributed by atoms with Crippen LogP contribution < -0.4 is 4.90 Å². The fourth-order valence-electron chi connectivity index (χ4n) is 4.31. The number of likely N-dealkylation sites (tertiary alicyclic amines) is 1. The molecule has 2 heterocycles. The van der Waals surface area contributed by atoms with E-state index in [9.17, 15) is 9.59 Å². The van der Waals surface area contributed by atoms with Gasteiger partial charge in [0.25, 0.3) is 0 Å². The summed E-state index contributed by atoms with van der Waals surface area (Å²) in [5.41, 5.74) is 2.47. The molecular formula is C20H28N2O2. The Kier molecular flexibility index (Phi) is 4.18. The first kappa shape index (κ1) is 17.0. The van der Waals surface area contributed by atoms with Gasteiger partial charge in [0.2, 0.25) is 11.8 Å². The van der Waals surface area contributed by atoms with E-state index in [1.165, 1.54) is 6.42 Å². The topological polar surface area (TPSA) is 40.6 Å². The molecule has 1 aromatic carbocycles. The van der Waals surface area contributed by atoms with Crippen LogP contribution in [-0.4, -0.2) is 35.8 Å². The van der Waals surface area contributed by atoms with E-state index in [0.717, 1.165) is 29.7 Å². The Morgan fingerprint density at radius 3 is 2.46 bits per heavy atom. The van der Waals surface area contributed by atoms with Gasteiger partial charge >= 0.3 is 0 Å². The molecule has 1 fully saturated rings. The first-order chi connectivity index (χ1) is 11.2. The Morgan fingerprint density at radius 2 is 1.83 bits per heavy atom. The molecule has 0 N–H and O–H groups in total. The van der Waals surface area contributed by atoms with Crippen LogP contribution in [0.5, 0.6) is 0 Å². The maximum absolute atomic E-state index is 12.8. The van der Waals surface area contributed by atoms with Crippen molar-refractivity contribution in [3.8, 4) is 0 Å². The number of amides is 2. The molecule has 4 nitrogen and oxygen atoms in total. The molecule has 2 atom stereocenters. The van der Waals surface area contributed by atoms with Crippen LogP contribution in [0.25, 0.3) is 0 Å². The minimum atomic E-state index is -0.519. The summed E-state index contributed by atoms with van der Waals surface area (Å²) in [5.74, 6) is 0.310. The summed E-state index contributed by atoms with van der Waals surface area (Å²) < 4.78 is 0. The lowest BCUT2D eigenvalue weighted by Gasteiger charge is -2.39. The largest absolute Gasteiger partial charge is 0.337 e. The molecule has 24 heavy (non-hydrogen) atoms. The molecule has 0 spiro atoms. The molecule has 0 radical (unpaired) electrons. The van der Waals surface area contributed by atoms with Crippen molar-refractivity contribution in [1.82, 2.24) is 4.90 Å². The van der Waals surface area contributed by atoms with E-state index >= 15 is 0 Å². The van der Waals surface area contributed by atoms with Gasteiger partial charge in [0.1, 0.15) is 0 Å². The summed E-state index contributed by atoms with van der Waals surface area (Å²) >= 11 is 0. The third kappa shape index (κ3) is 2.62. The van der Waals surface area contributed by atoms with Crippen LogP contribution in [0.2, 0.25) is 0 Å². The van der Waals surface area contributed by atoms with Gasteiger partial charge < -0.3 is 9.80 Å². The lowest BCUT2D eigenvalue weighted by molar-refractivity contribution is -0.136. The van der Waals surface area contributed by atoms with E-state index in [1.54, 1.807) is 4.90 Å². The molecule has 4 heteroatoms. The summed E-state index contributed by atoms with van der Waals surface area (Å²) in [6, 6.07) is 6.66. The number of nitrogens with zero attached hydrogens (tertiary/aromatic N) is 2. The van der Waals surface area contributed by atoms with Crippen LogP contribution in [0.3, 0.4) is 0 Å². The summed E-state index contributed by atoms with van der Waals surface area (Å²) in [6.07, 6.45) is 3.79. The SMILES string of the molecule is CC1CCCC(C)N1C(=O)Cc1ccc2c(c1)C(C)(C)C(=O)N2C. The minimum Gasteiger partial charge on any atom is -0.337 e. The second-order valence-electron chi connectivity index (χ2n) is 7.95. The van der Waals surface area contributed by atoms with Crippen LogP contribution in [-0.2, 0) is 21.4 Å². The van der Waals surface area contributed by atoms with Crippen LogP contribution in [0.4, 0.5) is 5.69 Å². The quantitative estimate of drug-likeness (QED) is 0.836. The summed E-state index contributed by atoms with van der Waals surface area (Å²) in [4.78, 5) is 29.0. The highest BCUT2D eigenvalue weighted by Gasteiger charge is 2.42. The molecule has 0 aliphatic carbocycles. The third-order valence-electron chi connectivity index (χ3n) is 5.77. The van der Waals surface area contributed by atoms with E-state index in [-0.39, 0.29) is 11.8 Å². The number of rotatable bonds is 2. The van der Waals surface area contributed by atoms with Crippen molar-refractivity contribution >= 4 is 17.5 Å². The molecule has 2 unspecified atom stereocenters. The molecule has 0 saturated carbocycles. The molecule has 2 amide bonds. The average Bonchev–Trinajstić information content (AvgIpc) is 2.68. The van der Waals surface area contributed by atoms with Gasteiger partial charge in [-0.05, 0) is 64.2 Å². The molecule has 130 valence electrons. The summed E-state index contributed by atoms with van der Waals surface area (Å²) in [7, 11) is 1.82. The van der Waals surface area contributed by atoms with E-state index < -0.39 is 5.41 Å². The minimum absolute atomic E-state index is 0.110. The summed E-state index contributed by atoms with van der Waals surface area (Å²) in [6.45, 7) is 8.20. The van der Waals surface area contributed by atoms with Gasteiger partial charge in [-0.15, -0.1) is 0 Å². The van der Waals surface area contributed by atoms with Gasteiger partial charge in [-0.25, -0.2) is 0 Å². The number of carbonyl (C=O) groups excluding carboxylic acids is 2. The van der Waals surface area contributed by atoms with Gasteiger partial charge in [-0.2, -0.15) is 0 Å². The molecule has 2 aliphatic rings. The normalized spacial score (nSPS) is 25.8. The van der Waals surface area contributed by atoms with Crippen molar-refractivity contribution in [2.24, 2.45) is 0 Å². The zero-order valence-electron chi connectivity index (χ0n) is 15.4. The third-order valence-corrected chi connectivity index (χ3v) is 5.77. The number of anilines is 1. The van der Waals surface area contributed by atoms with Crippen molar-refractivity contribution < 1.29 is 9.59 Å². The maximum atomic E-state index is 12.8. The van der Waals surface area contributed by atoms with Crippen molar-refractivity contribution in [2.45, 2.75) is 70.9 Å². The lowest BCUT2D eigenvalue weighted by atomic mass is 9.85. The summed E-state index contributed by atoms with van der Waals surface area (Å²) in [5, 5.41) is 0. The standard InChI is InChI=1S/C20H28N2O2/c1-13-7-6-8-14(2)22(13)18(23)12-15-9-10-17-16(11-15)20(3,4)19(24)21(17)5/h9-11,13-14H,6-8,12H2,1-5H3. The van der Waals surface area contributed by atoms with Crippen LogP contribution >= 0.6 is 0 Å². The molecule has 1 saturated heterocycles. The van der Waals surface area contributed by atoms with Gasteiger partial charge in [0.05, 0.1) is 11.8 Å². The maximum Gasteiger partial charge on any atom is 0.236 e. The number of carbonyl (C=O) groups is 2. The highest BCUT2D eigenvalue weighted by Crippen LogP contribution is 2.41. The molecule has 0 bridgehead atoms. The van der Waals surface area contributed by atoms with Crippen LogP contribution in [0.15, 0.2) is 18.2 Å². The highest BCUT2D eigenvalue weighted by atomic mass is 16.2. The van der Waals surface area contributed by atoms with E-state index in [0.29, 0.717) is 18.5 Å². The van der Waals surface area contributed by atoms with Crippen molar-refractivity contribution in [3.05, 3.63) is 29.3 Å². The monoisotopic (exact) mass is 328 g/mol. The van der Waals surface area contributed by atoms with Crippen molar-refractivity contribution in [2.75, 3.05) is 11.9 Å². The molecule has 2 aliphatic heterocycles. The number of benzene rings is 1. The van der Waals surface area contributed by atoms with Gasteiger partial charge in [-0.1, -0.05) is 12.1 Å². The first-order valence-electron chi connectivity index (χ1n) is 8.96.